The van der Waals surface area contributed by atoms with Gasteiger partial charge >= 0.3 is 0 Å². The van der Waals surface area contributed by atoms with Crippen molar-refractivity contribution < 1.29 is 4.74 Å². The van der Waals surface area contributed by atoms with E-state index in [1.165, 1.54) is 12.8 Å². The second-order valence-electron chi connectivity index (χ2n) is 5.21. The average Bonchev–Trinajstić information content (AvgIpc) is 2.37. The second-order valence-corrected chi connectivity index (χ2v) is 5.21. The molecular weight excluding hydrogens is 214 g/mol. The molecule has 0 aromatic carbocycles. The van der Waals surface area contributed by atoms with Crippen molar-refractivity contribution in [3.63, 3.8) is 0 Å². The summed E-state index contributed by atoms with van der Waals surface area (Å²) in [5, 5.41) is 12.2. The van der Waals surface area contributed by atoms with Crippen molar-refractivity contribution in [2.45, 2.75) is 31.7 Å². The molecule has 0 saturated carbocycles. The molecule has 98 valence electrons. The third kappa shape index (κ3) is 4.63. The first kappa shape index (κ1) is 14.4. The van der Waals surface area contributed by atoms with Gasteiger partial charge in [-0.05, 0) is 45.7 Å². The van der Waals surface area contributed by atoms with Gasteiger partial charge in [0.15, 0.2) is 0 Å². The summed E-state index contributed by atoms with van der Waals surface area (Å²) < 4.78 is 5.23. The third-order valence-corrected chi connectivity index (χ3v) is 3.73. The molecule has 1 N–H and O–H groups in total. The lowest BCUT2D eigenvalue weighted by Gasteiger charge is -2.34. The van der Waals surface area contributed by atoms with Crippen LogP contribution in [0.25, 0.3) is 0 Å². The molecule has 1 aliphatic rings. The zero-order chi connectivity index (χ0) is 12.7. The SMILES string of the molecule is CNC(C)(C#N)CCN1CCCC(COC)C1. The van der Waals surface area contributed by atoms with Gasteiger partial charge in [0.25, 0.3) is 0 Å². The zero-order valence-corrected chi connectivity index (χ0v) is 11.3. The third-order valence-electron chi connectivity index (χ3n) is 3.73. The molecule has 2 unspecified atom stereocenters. The van der Waals surface area contributed by atoms with Crippen LogP contribution in [0.4, 0.5) is 0 Å². The van der Waals surface area contributed by atoms with Crippen molar-refractivity contribution in [2.75, 3.05) is 40.4 Å². The summed E-state index contributed by atoms with van der Waals surface area (Å²) in [6, 6.07) is 2.34. The maximum atomic E-state index is 9.10. The fourth-order valence-electron chi connectivity index (χ4n) is 2.34. The van der Waals surface area contributed by atoms with Crippen molar-refractivity contribution in [1.29, 1.82) is 5.26 Å². The molecule has 1 saturated heterocycles. The highest BCUT2D eigenvalue weighted by Gasteiger charge is 2.25. The van der Waals surface area contributed by atoms with Crippen LogP contribution in [0.15, 0.2) is 0 Å². The van der Waals surface area contributed by atoms with Crippen molar-refractivity contribution in [1.82, 2.24) is 10.2 Å². The van der Waals surface area contributed by atoms with Crippen molar-refractivity contribution >= 4 is 0 Å². The molecule has 0 aromatic rings. The molecule has 0 amide bonds. The Morgan fingerprint density at radius 1 is 1.59 bits per heavy atom. The van der Waals surface area contributed by atoms with E-state index >= 15 is 0 Å². The van der Waals surface area contributed by atoms with E-state index < -0.39 is 5.54 Å². The molecule has 0 spiro atoms. The van der Waals surface area contributed by atoms with Gasteiger partial charge in [-0.15, -0.1) is 0 Å². The van der Waals surface area contributed by atoms with E-state index in [-0.39, 0.29) is 0 Å². The minimum atomic E-state index is -0.395. The van der Waals surface area contributed by atoms with Crippen molar-refractivity contribution in [3.8, 4) is 6.07 Å². The van der Waals surface area contributed by atoms with Crippen LogP contribution in [0, 0.1) is 17.2 Å². The molecule has 17 heavy (non-hydrogen) atoms. The highest BCUT2D eigenvalue weighted by Crippen LogP contribution is 2.18. The molecule has 1 rings (SSSR count). The van der Waals surface area contributed by atoms with Crippen LogP contribution < -0.4 is 5.32 Å². The van der Waals surface area contributed by atoms with Crippen molar-refractivity contribution in [3.05, 3.63) is 0 Å². The lowest BCUT2D eigenvalue weighted by molar-refractivity contribution is 0.0876. The molecule has 0 bridgehead atoms. The standard InChI is InChI=1S/C13H25N3O/c1-13(11-14,15-2)6-8-16-7-4-5-12(9-16)10-17-3/h12,15H,4-10H2,1-3H3. The first-order chi connectivity index (χ1) is 8.13. The lowest BCUT2D eigenvalue weighted by Crippen LogP contribution is -2.44. The number of methoxy groups -OCH3 is 1. The van der Waals surface area contributed by atoms with E-state index in [0.717, 1.165) is 32.7 Å². The molecule has 0 aliphatic carbocycles. The summed E-state index contributed by atoms with van der Waals surface area (Å²) in [6.45, 7) is 6.08. The van der Waals surface area contributed by atoms with Gasteiger partial charge in [0, 0.05) is 20.2 Å². The molecule has 2 atom stereocenters. The van der Waals surface area contributed by atoms with Gasteiger partial charge in [-0.25, -0.2) is 0 Å². The minimum Gasteiger partial charge on any atom is -0.384 e. The topological polar surface area (TPSA) is 48.3 Å². The van der Waals surface area contributed by atoms with Crippen LogP contribution in [0.3, 0.4) is 0 Å². The summed E-state index contributed by atoms with van der Waals surface area (Å²) in [6.07, 6.45) is 3.39. The number of piperidine rings is 1. The normalized spacial score (nSPS) is 25.2. The maximum Gasteiger partial charge on any atom is 0.104 e. The van der Waals surface area contributed by atoms with Crippen molar-refractivity contribution in [2.24, 2.45) is 5.92 Å². The van der Waals surface area contributed by atoms with Gasteiger partial charge in [0.1, 0.15) is 5.54 Å². The first-order valence-electron chi connectivity index (χ1n) is 6.45. The predicted molar refractivity (Wildman–Crippen MR) is 68.7 cm³/mol. The van der Waals surface area contributed by atoms with Crippen LogP contribution in [0.1, 0.15) is 26.2 Å². The second kappa shape index (κ2) is 6.95. The Morgan fingerprint density at radius 2 is 2.35 bits per heavy atom. The van der Waals surface area contributed by atoms with E-state index in [1.54, 1.807) is 7.11 Å². The Bertz CT molecular complexity index is 262. The zero-order valence-electron chi connectivity index (χ0n) is 11.3. The number of likely N-dealkylation sites (tertiary alicyclic amines) is 1. The summed E-state index contributed by atoms with van der Waals surface area (Å²) >= 11 is 0. The van der Waals surface area contributed by atoms with Gasteiger partial charge in [0.05, 0.1) is 12.7 Å². The highest BCUT2D eigenvalue weighted by atomic mass is 16.5. The fraction of sp³-hybridized carbons (Fsp3) is 0.923. The summed E-state index contributed by atoms with van der Waals surface area (Å²) in [4.78, 5) is 2.46. The van der Waals surface area contributed by atoms with E-state index in [9.17, 15) is 0 Å². The molecule has 0 aromatic heterocycles. The number of hydrogen-bond donors (Lipinski definition) is 1. The number of nitrogens with one attached hydrogen (secondary N) is 1. The Balaban J connectivity index is 2.34. The van der Waals surface area contributed by atoms with E-state index in [0.29, 0.717) is 5.92 Å². The molecule has 1 aliphatic heterocycles. The molecule has 1 fully saturated rings. The fourth-order valence-corrected chi connectivity index (χ4v) is 2.34. The lowest BCUT2D eigenvalue weighted by atomic mass is 9.96. The summed E-state index contributed by atoms with van der Waals surface area (Å²) in [5.41, 5.74) is -0.395. The maximum absolute atomic E-state index is 9.10. The van der Waals surface area contributed by atoms with Gasteiger partial charge in [-0.3, -0.25) is 0 Å². The number of ether oxygens (including phenoxy) is 1. The summed E-state index contributed by atoms with van der Waals surface area (Å²) in [7, 11) is 3.62. The molecule has 4 heteroatoms. The monoisotopic (exact) mass is 239 g/mol. The Labute approximate surface area is 105 Å². The van der Waals surface area contributed by atoms with Crippen LogP contribution in [0.2, 0.25) is 0 Å². The van der Waals surface area contributed by atoms with Gasteiger partial charge in [-0.1, -0.05) is 0 Å². The first-order valence-corrected chi connectivity index (χ1v) is 6.45. The van der Waals surface area contributed by atoms with Crippen LogP contribution >= 0.6 is 0 Å². The van der Waals surface area contributed by atoms with Gasteiger partial charge in [-0.2, -0.15) is 5.26 Å². The predicted octanol–water partition coefficient (Wildman–Crippen LogP) is 1.24. The van der Waals surface area contributed by atoms with Gasteiger partial charge in [0.2, 0.25) is 0 Å². The smallest absolute Gasteiger partial charge is 0.104 e. The van der Waals surface area contributed by atoms with E-state index in [2.05, 4.69) is 16.3 Å². The molecular formula is C13H25N3O. The van der Waals surface area contributed by atoms with Gasteiger partial charge < -0.3 is 15.0 Å². The van der Waals surface area contributed by atoms with E-state index in [1.807, 2.05) is 14.0 Å². The summed E-state index contributed by atoms with van der Waals surface area (Å²) in [5.74, 6) is 0.664. The molecule has 4 nitrogen and oxygen atoms in total. The molecule has 0 radical (unpaired) electrons. The number of rotatable bonds is 6. The number of hydrogen-bond acceptors (Lipinski definition) is 4. The Hall–Kier alpha value is -0.630. The quantitative estimate of drug-likeness (QED) is 0.757. The van der Waals surface area contributed by atoms with Crippen LogP contribution in [-0.2, 0) is 4.74 Å². The van der Waals surface area contributed by atoms with E-state index in [4.69, 9.17) is 10.00 Å². The Kier molecular flexibility index (Phi) is 5.90. The number of nitrogens with zero attached hydrogens (tertiary/aromatic N) is 2. The number of nitriles is 1. The largest absolute Gasteiger partial charge is 0.384 e. The molecule has 1 heterocycles. The highest BCUT2D eigenvalue weighted by molar-refractivity contribution is 5.03. The Morgan fingerprint density at radius 3 is 2.94 bits per heavy atom. The average molecular weight is 239 g/mol. The van der Waals surface area contributed by atoms with Crippen LogP contribution in [-0.4, -0.2) is 50.8 Å². The minimum absolute atomic E-state index is 0.395. The van der Waals surface area contributed by atoms with Crippen LogP contribution in [0.5, 0.6) is 0 Å².